The van der Waals surface area contributed by atoms with Gasteiger partial charge in [-0.05, 0) is 31.5 Å². The molecule has 1 heterocycles. The molecule has 116 valence electrons. The van der Waals surface area contributed by atoms with Crippen LogP contribution in [0.1, 0.15) is 27.2 Å². The topological polar surface area (TPSA) is 38.5 Å². The number of likely N-dealkylation sites (N-methyl/N-ethyl adjacent to an activating group) is 1. The van der Waals surface area contributed by atoms with Crippen LogP contribution < -0.4 is 10.6 Å². The fourth-order valence-electron chi connectivity index (χ4n) is 4.17. The summed E-state index contributed by atoms with van der Waals surface area (Å²) >= 11 is 0. The number of hydrogen-bond acceptors (Lipinski definition) is 3. The van der Waals surface area contributed by atoms with Crippen molar-refractivity contribution in [3.05, 3.63) is 30.1 Å². The fourth-order valence-corrected chi connectivity index (χ4v) is 4.17. The summed E-state index contributed by atoms with van der Waals surface area (Å²) in [5, 5.41) is 0. The van der Waals surface area contributed by atoms with Gasteiger partial charge in [-0.1, -0.05) is 19.9 Å². The summed E-state index contributed by atoms with van der Waals surface area (Å²) in [5.74, 6) is 0.210. The zero-order valence-corrected chi connectivity index (χ0v) is 13.1. The van der Waals surface area contributed by atoms with Gasteiger partial charge in [0, 0.05) is 42.3 Å². The van der Waals surface area contributed by atoms with E-state index in [1.165, 1.54) is 6.07 Å². The molecular formula is C17H25FN2O. The Hall–Kier alpha value is -1.13. The second kappa shape index (κ2) is 4.96. The summed E-state index contributed by atoms with van der Waals surface area (Å²) in [5.41, 5.74) is 7.38. The van der Waals surface area contributed by atoms with Crippen molar-refractivity contribution in [3.63, 3.8) is 0 Å². The van der Waals surface area contributed by atoms with Crippen molar-refractivity contribution >= 4 is 5.69 Å². The fraction of sp³-hybridized carbons (Fsp3) is 0.647. The number of halogens is 1. The van der Waals surface area contributed by atoms with Crippen LogP contribution in [0.3, 0.4) is 0 Å². The summed E-state index contributed by atoms with van der Waals surface area (Å²) in [6, 6.07) is 6.76. The van der Waals surface area contributed by atoms with Crippen molar-refractivity contribution in [1.82, 2.24) is 0 Å². The smallest absolute Gasteiger partial charge is 0.125 e. The lowest BCUT2D eigenvalue weighted by atomic mass is 9.48. The first-order valence-electron chi connectivity index (χ1n) is 7.81. The average molecular weight is 292 g/mol. The zero-order valence-electron chi connectivity index (χ0n) is 13.1. The Labute approximate surface area is 126 Å². The SMILES string of the molecule is CCN(CC1(N)C2CCOC2C1(C)C)c1cccc(F)c1. The highest BCUT2D eigenvalue weighted by Gasteiger charge is 2.67. The predicted octanol–water partition coefficient (Wildman–Crippen LogP) is 2.79. The highest BCUT2D eigenvalue weighted by Crippen LogP contribution is 2.58. The van der Waals surface area contributed by atoms with E-state index in [9.17, 15) is 4.39 Å². The molecule has 2 fully saturated rings. The number of anilines is 1. The van der Waals surface area contributed by atoms with Crippen molar-refractivity contribution in [2.24, 2.45) is 17.1 Å². The van der Waals surface area contributed by atoms with E-state index in [0.717, 1.165) is 31.8 Å². The van der Waals surface area contributed by atoms with Crippen LogP contribution in [-0.2, 0) is 4.74 Å². The number of nitrogens with two attached hydrogens (primary N) is 1. The van der Waals surface area contributed by atoms with E-state index < -0.39 is 0 Å². The van der Waals surface area contributed by atoms with Gasteiger partial charge in [-0.25, -0.2) is 4.39 Å². The zero-order chi connectivity index (χ0) is 15.3. The van der Waals surface area contributed by atoms with E-state index in [1.807, 2.05) is 6.07 Å². The summed E-state index contributed by atoms with van der Waals surface area (Å²) in [4.78, 5) is 2.18. The first-order chi connectivity index (χ1) is 9.90. The van der Waals surface area contributed by atoms with Crippen LogP contribution in [0.4, 0.5) is 10.1 Å². The summed E-state index contributed by atoms with van der Waals surface area (Å²) < 4.78 is 19.3. The van der Waals surface area contributed by atoms with Crippen LogP contribution in [0.2, 0.25) is 0 Å². The van der Waals surface area contributed by atoms with Crippen LogP contribution in [0.15, 0.2) is 24.3 Å². The number of benzene rings is 1. The van der Waals surface area contributed by atoms with Crippen molar-refractivity contribution in [2.45, 2.75) is 38.8 Å². The van der Waals surface area contributed by atoms with Gasteiger partial charge in [0.1, 0.15) is 5.82 Å². The molecule has 0 radical (unpaired) electrons. The molecule has 2 aliphatic rings. The minimum atomic E-state index is -0.281. The number of hydrogen-bond donors (Lipinski definition) is 1. The molecule has 1 aliphatic heterocycles. The number of ether oxygens (including phenoxy) is 1. The first-order valence-corrected chi connectivity index (χ1v) is 7.81. The second-order valence-corrected chi connectivity index (χ2v) is 6.94. The number of rotatable bonds is 4. The monoisotopic (exact) mass is 292 g/mol. The van der Waals surface area contributed by atoms with E-state index in [-0.39, 0.29) is 22.9 Å². The minimum absolute atomic E-state index is 0.0467. The molecule has 2 N–H and O–H groups in total. The lowest BCUT2D eigenvalue weighted by Gasteiger charge is -2.63. The third-order valence-corrected chi connectivity index (χ3v) is 5.67. The van der Waals surface area contributed by atoms with Gasteiger partial charge in [-0.3, -0.25) is 0 Å². The van der Waals surface area contributed by atoms with E-state index >= 15 is 0 Å². The Morgan fingerprint density at radius 1 is 1.43 bits per heavy atom. The minimum Gasteiger partial charge on any atom is -0.377 e. The maximum atomic E-state index is 13.5. The molecule has 1 saturated heterocycles. The summed E-state index contributed by atoms with van der Waals surface area (Å²) in [6.45, 7) is 8.84. The second-order valence-electron chi connectivity index (χ2n) is 6.94. The van der Waals surface area contributed by atoms with E-state index in [0.29, 0.717) is 5.92 Å². The van der Waals surface area contributed by atoms with Crippen molar-refractivity contribution in [2.75, 3.05) is 24.6 Å². The first kappa shape index (κ1) is 14.8. The Morgan fingerprint density at radius 3 is 2.86 bits per heavy atom. The molecule has 3 rings (SSSR count). The Kier molecular flexibility index (Phi) is 3.49. The third kappa shape index (κ3) is 2.08. The van der Waals surface area contributed by atoms with Gasteiger partial charge >= 0.3 is 0 Å². The Bertz CT molecular complexity index is 533. The number of nitrogens with zero attached hydrogens (tertiary/aromatic N) is 1. The predicted molar refractivity (Wildman–Crippen MR) is 82.8 cm³/mol. The molecule has 1 aromatic rings. The quantitative estimate of drug-likeness (QED) is 0.927. The highest BCUT2D eigenvalue weighted by atomic mass is 19.1. The van der Waals surface area contributed by atoms with Gasteiger partial charge in [0.25, 0.3) is 0 Å². The molecule has 21 heavy (non-hydrogen) atoms. The van der Waals surface area contributed by atoms with Crippen LogP contribution in [0.5, 0.6) is 0 Å². The van der Waals surface area contributed by atoms with Crippen LogP contribution in [0.25, 0.3) is 0 Å². The molecule has 1 aliphatic carbocycles. The molecule has 0 aromatic heterocycles. The lowest BCUT2D eigenvalue weighted by Crippen LogP contribution is -2.78. The molecule has 3 nitrogen and oxygen atoms in total. The molecule has 0 amide bonds. The maximum absolute atomic E-state index is 13.5. The third-order valence-electron chi connectivity index (χ3n) is 5.67. The highest BCUT2D eigenvalue weighted by molar-refractivity contribution is 5.47. The van der Waals surface area contributed by atoms with Gasteiger partial charge in [-0.2, -0.15) is 0 Å². The Balaban J connectivity index is 1.84. The maximum Gasteiger partial charge on any atom is 0.125 e. The molecule has 4 heteroatoms. The van der Waals surface area contributed by atoms with Crippen molar-refractivity contribution in [1.29, 1.82) is 0 Å². The lowest BCUT2D eigenvalue weighted by molar-refractivity contribution is -0.151. The van der Waals surface area contributed by atoms with Crippen molar-refractivity contribution < 1.29 is 9.13 Å². The molecule has 0 spiro atoms. The number of fused-ring (bicyclic) bond motifs is 1. The van der Waals surface area contributed by atoms with Gasteiger partial charge in [0.15, 0.2) is 0 Å². The van der Waals surface area contributed by atoms with Crippen molar-refractivity contribution in [3.8, 4) is 0 Å². The van der Waals surface area contributed by atoms with Gasteiger partial charge in [-0.15, -0.1) is 0 Å². The molecule has 1 saturated carbocycles. The van der Waals surface area contributed by atoms with Crippen LogP contribution in [-0.4, -0.2) is 31.3 Å². The van der Waals surface area contributed by atoms with Gasteiger partial charge in [0.05, 0.1) is 6.10 Å². The Morgan fingerprint density at radius 2 is 2.19 bits per heavy atom. The normalized spacial score (nSPS) is 33.4. The molecular weight excluding hydrogens is 267 g/mol. The van der Waals surface area contributed by atoms with E-state index in [2.05, 4.69) is 25.7 Å². The van der Waals surface area contributed by atoms with Gasteiger partial charge < -0.3 is 15.4 Å². The molecule has 3 atom stereocenters. The summed E-state index contributed by atoms with van der Waals surface area (Å²) in [7, 11) is 0. The standard InChI is InChI=1S/C17H25FN2O/c1-4-20(13-7-5-6-12(18)10-13)11-17(19)14-8-9-21-15(14)16(17,2)3/h5-7,10,14-15H,4,8-9,11,19H2,1-3H3. The largest absolute Gasteiger partial charge is 0.377 e. The molecule has 3 unspecified atom stereocenters. The van der Waals surface area contributed by atoms with E-state index in [1.54, 1.807) is 12.1 Å². The molecule has 0 bridgehead atoms. The molecule has 1 aromatic carbocycles. The van der Waals surface area contributed by atoms with Gasteiger partial charge in [0.2, 0.25) is 0 Å². The van der Waals surface area contributed by atoms with E-state index in [4.69, 9.17) is 10.5 Å². The van der Waals surface area contributed by atoms with Crippen LogP contribution >= 0.6 is 0 Å². The van der Waals surface area contributed by atoms with Crippen LogP contribution in [0, 0.1) is 17.2 Å². The summed E-state index contributed by atoms with van der Waals surface area (Å²) in [6.07, 6.45) is 1.30. The average Bonchev–Trinajstić information content (AvgIpc) is 2.93.